The van der Waals surface area contributed by atoms with Gasteiger partial charge in [-0.05, 0) is 0 Å². The third-order valence-corrected chi connectivity index (χ3v) is 0.746. The summed E-state index contributed by atoms with van der Waals surface area (Å²) in [5.74, 6) is -2.59. The summed E-state index contributed by atoms with van der Waals surface area (Å²) in [5, 5.41) is 16.3. The van der Waals surface area contributed by atoms with E-state index < -0.39 is 11.9 Å². The quantitative estimate of drug-likeness (QED) is 0.438. The second-order valence-corrected chi connectivity index (χ2v) is 1.45. The molecule has 2 N–H and O–H groups in total. The summed E-state index contributed by atoms with van der Waals surface area (Å²) in [6.45, 7) is 3.12. The van der Waals surface area contributed by atoms with Crippen molar-refractivity contribution in [2.75, 3.05) is 0 Å². The van der Waals surface area contributed by atoms with Crippen LogP contribution in [0.4, 0.5) is 0 Å². The molecule has 0 saturated carbocycles. The van der Waals surface area contributed by atoms with E-state index in [9.17, 15) is 9.59 Å². The smallest absolute Gasteiger partial charge is 0.335 e. The molecular weight excluding hydrogens is 136 g/mol. The molecular formula is C6H6O4. The third kappa shape index (κ3) is 2.66. The van der Waals surface area contributed by atoms with Crippen molar-refractivity contribution >= 4 is 11.9 Å². The first-order valence-electron chi connectivity index (χ1n) is 2.38. The Hall–Kier alpha value is -1.58. The highest BCUT2D eigenvalue weighted by Crippen LogP contribution is 1.93. The van der Waals surface area contributed by atoms with Crippen molar-refractivity contribution < 1.29 is 19.8 Å². The minimum Gasteiger partial charge on any atom is -0.478 e. The summed E-state index contributed by atoms with van der Waals surface area (Å²) < 4.78 is 0. The maximum Gasteiger partial charge on any atom is 0.335 e. The Bertz CT molecular complexity index is 202. The molecule has 0 atom stereocenters. The van der Waals surface area contributed by atoms with Crippen LogP contribution >= 0.6 is 0 Å². The van der Waals surface area contributed by atoms with E-state index in [1.807, 2.05) is 0 Å². The summed E-state index contributed by atoms with van der Waals surface area (Å²) in [6.07, 6.45) is 1.55. The molecule has 0 aromatic rings. The topological polar surface area (TPSA) is 74.6 Å². The van der Waals surface area contributed by atoms with Gasteiger partial charge in [-0.25, -0.2) is 9.59 Å². The molecule has 0 aliphatic rings. The highest BCUT2D eigenvalue weighted by molar-refractivity contribution is 5.96. The molecule has 0 aromatic carbocycles. The Labute approximate surface area is 57.1 Å². The van der Waals surface area contributed by atoms with Gasteiger partial charge in [0.1, 0.15) is 0 Å². The molecule has 54 valence electrons. The first-order valence-corrected chi connectivity index (χ1v) is 2.38. The van der Waals surface area contributed by atoms with Gasteiger partial charge in [0.2, 0.25) is 0 Å². The largest absolute Gasteiger partial charge is 0.478 e. The second kappa shape index (κ2) is 3.45. The SMILES string of the molecule is C=C/C(=C/C(=O)O)C(=O)O. The van der Waals surface area contributed by atoms with Crippen molar-refractivity contribution in [3.63, 3.8) is 0 Å². The van der Waals surface area contributed by atoms with Crippen LogP contribution in [-0.2, 0) is 9.59 Å². The van der Waals surface area contributed by atoms with Gasteiger partial charge >= 0.3 is 11.9 Å². The number of carboxylic acid groups (broad SMARTS) is 2. The molecule has 0 rings (SSSR count). The molecule has 10 heavy (non-hydrogen) atoms. The fourth-order valence-corrected chi connectivity index (χ4v) is 0.341. The van der Waals surface area contributed by atoms with Crippen molar-refractivity contribution in [3.8, 4) is 0 Å². The van der Waals surface area contributed by atoms with Crippen molar-refractivity contribution in [2.24, 2.45) is 0 Å². The van der Waals surface area contributed by atoms with Gasteiger partial charge in [0.15, 0.2) is 0 Å². The Morgan fingerprint density at radius 3 is 1.90 bits per heavy atom. The summed E-state index contributed by atoms with van der Waals surface area (Å²) in [7, 11) is 0. The molecule has 0 heterocycles. The van der Waals surface area contributed by atoms with E-state index >= 15 is 0 Å². The first-order chi connectivity index (χ1) is 4.57. The lowest BCUT2D eigenvalue weighted by Gasteiger charge is -1.88. The molecule has 0 saturated heterocycles. The molecule has 4 nitrogen and oxygen atoms in total. The van der Waals surface area contributed by atoms with Gasteiger partial charge in [0.05, 0.1) is 5.57 Å². The summed E-state index contributed by atoms with van der Waals surface area (Å²) >= 11 is 0. The van der Waals surface area contributed by atoms with E-state index in [-0.39, 0.29) is 5.57 Å². The number of hydrogen-bond donors (Lipinski definition) is 2. The zero-order chi connectivity index (χ0) is 8.15. The van der Waals surface area contributed by atoms with E-state index in [4.69, 9.17) is 10.2 Å². The zero-order valence-electron chi connectivity index (χ0n) is 5.07. The third-order valence-electron chi connectivity index (χ3n) is 0.746. The molecule has 0 unspecified atom stereocenters. The standard InChI is InChI=1S/C6H6O4/c1-2-4(6(9)10)3-5(7)8/h2-3H,1H2,(H,7,8)(H,9,10)/b4-3-. The minimum absolute atomic E-state index is 0.326. The Morgan fingerprint density at radius 1 is 1.30 bits per heavy atom. The maximum atomic E-state index is 10.1. The van der Waals surface area contributed by atoms with E-state index in [1.165, 1.54) is 0 Å². The van der Waals surface area contributed by atoms with E-state index in [0.717, 1.165) is 6.08 Å². The van der Waals surface area contributed by atoms with E-state index in [1.54, 1.807) is 0 Å². The summed E-state index contributed by atoms with van der Waals surface area (Å²) in [4.78, 5) is 19.9. The van der Waals surface area contributed by atoms with Gasteiger partial charge in [-0.1, -0.05) is 12.7 Å². The molecule has 0 amide bonds. The molecule has 0 fully saturated rings. The van der Waals surface area contributed by atoms with Crippen LogP contribution in [0.2, 0.25) is 0 Å². The number of carbonyl (C=O) groups is 2. The van der Waals surface area contributed by atoms with Crippen molar-refractivity contribution in [1.29, 1.82) is 0 Å². The van der Waals surface area contributed by atoms with Crippen LogP contribution in [0, 0.1) is 0 Å². The van der Waals surface area contributed by atoms with Crippen LogP contribution in [0.3, 0.4) is 0 Å². The van der Waals surface area contributed by atoms with Crippen LogP contribution in [0.1, 0.15) is 0 Å². The van der Waals surface area contributed by atoms with E-state index in [0.29, 0.717) is 6.08 Å². The molecule has 0 spiro atoms. The lowest BCUT2D eigenvalue weighted by Crippen LogP contribution is -2.00. The molecule has 0 bridgehead atoms. The van der Waals surface area contributed by atoms with Gasteiger partial charge in [-0.2, -0.15) is 0 Å². The molecule has 4 heteroatoms. The molecule has 0 aliphatic heterocycles. The van der Waals surface area contributed by atoms with Gasteiger partial charge in [-0.15, -0.1) is 0 Å². The molecule has 0 radical (unpaired) electrons. The second-order valence-electron chi connectivity index (χ2n) is 1.45. The van der Waals surface area contributed by atoms with Crippen LogP contribution in [0.15, 0.2) is 24.3 Å². The average Bonchev–Trinajstić information content (AvgIpc) is 1.81. The minimum atomic E-state index is -1.29. The fourth-order valence-electron chi connectivity index (χ4n) is 0.341. The monoisotopic (exact) mass is 142 g/mol. The van der Waals surface area contributed by atoms with Gasteiger partial charge in [0, 0.05) is 6.08 Å². The van der Waals surface area contributed by atoms with Crippen LogP contribution in [0.5, 0.6) is 0 Å². The van der Waals surface area contributed by atoms with Crippen molar-refractivity contribution in [2.45, 2.75) is 0 Å². The summed E-state index contributed by atoms with van der Waals surface area (Å²) in [6, 6.07) is 0. The first kappa shape index (κ1) is 8.42. The normalized spacial score (nSPS) is 10.6. The Morgan fingerprint density at radius 2 is 1.80 bits per heavy atom. The Balaban J connectivity index is 4.49. The maximum absolute atomic E-state index is 10.1. The highest BCUT2D eigenvalue weighted by Gasteiger charge is 2.03. The van der Waals surface area contributed by atoms with Crippen LogP contribution < -0.4 is 0 Å². The van der Waals surface area contributed by atoms with Gasteiger partial charge in [0.25, 0.3) is 0 Å². The zero-order valence-corrected chi connectivity index (χ0v) is 5.07. The van der Waals surface area contributed by atoms with Crippen molar-refractivity contribution in [3.05, 3.63) is 24.3 Å². The van der Waals surface area contributed by atoms with Crippen LogP contribution in [0.25, 0.3) is 0 Å². The predicted molar refractivity (Wildman–Crippen MR) is 33.6 cm³/mol. The number of hydrogen-bond acceptors (Lipinski definition) is 2. The van der Waals surface area contributed by atoms with Crippen LogP contribution in [-0.4, -0.2) is 22.2 Å². The Kier molecular flexibility index (Phi) is 2.90. The highest BCUT2D eigenvalue weighted by atomic mass is 16.4. The molecule has 0 aliphatic carbocycles. The van der Waals surface area contributed by atoms with Gasteiger partial charge in [-0.3, -0.25) is 0 Å². The lowest BCUT2D eigenvalue weighted by molar-refractivity contribution is -0.134. The van der Waals surface area contributed by atoms with Gasteiger partial charge < -0.3 is 10.2 Å². The number of carboxylic acids is 2. The number of rotatable bonds is 3. The van der Waals surface area contributed by atoms with E-state index in [2.05, 4.69) is 6.58 Å². The lowest BCUT2D eigenvalue weighted by atomic mass is 10.2. The average molecular weight is 142 g/mol. The predicted octanol–water partition coefficient (Wildman–Crippen LogP) is 0.268. The fraction of sp³-hybridized carbons (Fsp3) is 0. The summed E-state index contributed by atoms with van der Waals surface area (Å²) in [5.41, 5.74) is -0.326. The number of aliphatic carboxylic acids is 2. The molecule has 0 aromatic heterocycles. The van der Waals surface area contributed by atoms with Crippen molar-refractivity contribution in [1.82, 2.24) is 0 Å².